The molecule has 0 aliphatic heterocycles. The second kappa shape index (κ2) is 5.01. The summed E-state index contributed by atoms with van der Waals surface area (Å²) in [6, 6.07) is 7.51. The minimum Gasteiger partial charge on any atom is -0.494 e. The van der Waals surface area contributed by atoms with Gasteiger partial charge in [-0.1, -0.05) is 0 Å². The molecular formula is C13H16N2O2. The third-order valence-corrected chi connectivity index (χ3v) is 2.62. The molecule has 0 atom stereocenters. The Bertz CT molecular complexity index is 575. The Morgan fingerprint density at radius 3 is 2.88 bits per heavy atom. The monoisotopic (exact) mass is 232 g/mol. The van der Waals surface area contributed by atoms with E-state index in [1.807, 2.05) is 31.2 Å². The number of ether oxygens (including phenoxy) is 1. The fourth-order valence-corrected chi connectivity index (χ4v) is 1.83. The van der Waals surface area contributed by atoms with E-state index in [9.17, 15) is 4.79 Å². The van der Waals surface area contributed by atoms with Crippen molar-refractivity contribution < 1.29 is 4.74 Å². The normalized spacial score (nSPS) is 10.7. The molecule has 4 heteroatoms. The van der Waals surface area contributed by atoms with E-state index in [0.717, 1.165) is 16.7 Å². The Kier molecular flexibility index (Phi) is 3.44. The molecule has 0 fully saturated rings. The van der Waals surface area contributed by atoms with Crippen LogP contribution in [0, 0.1) is 0 Å². The number of hydrogen-bond acceptors (Lipinski definition) is 3. The summed E-state index contributed by atoms with van der Waals surface area (Å²) in [5.41, 5.74) is 6.95. The van der Waals surface area contributed by atoms with E-state index < -0.39 is 0 Å². The molecule has 0 saturated carbocycles. The highest BCUT2D eigenvalue weighted by molar-refractivity contribution is 5.80. The van der Waals surface area contributed by atoms with Crippen molar-refractivity contribution >= 4 is 10.9 Å². The van der Waals surface area contributed by atoms with Crippen LogP contribution >= 0.6 is 0 Å². The van der Waals surface area contributed by atoms with Crippen molar-refractivity contribution in [1.82, 2.24) is 4.98 Å². The number of hydrogen-bond donors (Lipinski definition) is 2. The van der Waals surface area contributed by atoms with Crippen LogP contribution in [0.1, 0.15) is 12.5 Å². The van der Waals surface area contributed by atoms with Gasteiger partial charge >= 0.3 is 0 Å². The van der Waals surface area contributed by atoms with Gasteiger partial charge in [0, 0.05) is 16.5 Å². The van der Waals surface area contributed by atoms with Crippen LogP contribution < -0.4 is 16.0 Å². The third kappa shape index (κ3) is 2.47. The van der Waals surface area contributed by atoms with E-state index in [2.05, 4.69) is 4.98 Å². The van der Waals surface area contributed by atoms with Crippen LogP contribution in [0.3, 0.4) is 0 Å². The third-order valence-electron chi connectivity index (χ3n) is 2.62. The number of aromatic amines is 1. The highest BCUT2D eigenvalue weighted by Gasteiger charge is 2.03. The van der Waals surface area contributed by atoms with Crippen molar-refractivity contribution in [1.29, 1.82) is 0 Å². The molecule has 0 aliphatic rings. The maximum atomic E-state index is 11.7. The van der Waals surface area contributed by atoms with Crippen LogP contribution in [0.5, 0.6) is 5.75 Å². The first-order valence-electron chi connectivity index (χ1n) is 5.73. The molecule has 1 aromatic carbocycles. The molecule has 0 saturated heterocycles. The van der Waals surface area contributed by atoms with E-state index in [1.165, 1.54) is 0 Å². The first-order valence-corrected chi connectivity index (χ1v) is 5.73. The lowest BCUT2D eigenvalue weighted by atomic mass is 10.1. The van der Waals surface area contributed by atoms with Gasteiger partial charge in [0.25, 0.3) is 5.56 Å². The average molecular weight is 232 g/mol. The first kappa shape index (κ1) is 11.7. The van der Waals surface area contributed by atoms with Crippen molar-refractivity contribution in [3.63, 3.8) is 0 Å². The fourth-order valence-electron chi connectivity index (χ4n) is 1.83. The van der Waals surface area contributed by atoms with Gasteiger partial charge in [-0.05, 0) is 44.2 Å². The van der Waals surface area contributed by atoms with Crippen LogP contribution in [0.15, 0.2) is 29.1 Å². The van der Waals surface area contributed by atoms with Gasteiger partial charge in [0.05, 0.1) is 6.61 Å². The van der Waals surface area contributed by atoms with E-state index >= 15 is 0 Å². The van der Waals surface area contributed by atoms with Crippen LogP contribution in [0.2, 0.25) is 0 Å². The maximum Gasteiger partial charge on any atom is 0.251 e. The van der Waals surface area contributed by atoms with Crippen LogP contribution in [-0.2, 0) is 6.42 Å². The molecule has 4 nitrogen and oxygen atoms in total. The zero-order chi connectivity index (χ0) is 12.3. The number of H-pyrrole nitrogens is 1. The predicted octanol–water partition coefficient (Wildman–Crippen LogP) is 1.43. The molecule has 0 aliphatic carbocycles. The van der Waals surface area contributed by atoms with E-state index in [1.54, 1.807) is 0 Å². The summed E-state index contributed by atoms with van der Waals surface area (Å²) >= 11 is 0. The Morgan fingerprint density at radius 2 is 2.18 bits per heavy atom. The Labute approximate surface area is 99.4 Å². The Morgan fingerprint density at radius 1 is 1.35 bits per heavy atom. The van der Waals surface area contributed by atoms with Crippen LogP contribution in [0.4, 0.5) is 0 Å². The molecule has 1 aromatic heterocycles. The SMILES string of the molecule is CCOc1ccc2[nH]c(=O)c(CCN)cc2c1. The lowest BCUT2D eigenvalue weighted by Crippen LogP contribution is -2.16. The molecular weight excluding hydrogens is 216 g/mol. The minimum atomic E-state index is -0.0629. The molecule has 1 heterocycles. The van der Waals surface area contributed by atoms with Crippen molar-refractivity contribution in [2.24, 2.45) is 5.73 Å². The van der Waals surface area contributed by atoms with Gasteiger partial charge in [0.2, 0.25) is 0 Å². The zero-order valence-electron chi connectivity index (χ0n) is 9.82. The highest BCUT2D eigenvalue weighted by Crippen LogP contribution is 2.19. The summed E-state index contributed by atoms with van der Waals surface area (Å²) in [4.78, 5) is 14.5. The molecule has 0 bridgehead atoms. The van der Waals surface area contributed by atoms with Crippen molar-refractivity contribution in [3.05, 3.63) is 40.2 Å². The molecule has 0 spiro atoms. The first-order chi connectivity index (χ1) is 8.24. The second-order valence-corrected chi connectivity index (χ2v) is 3.84. The number of rotatable bonds is 4. The van der Waals surface area contributed by atoms with E-state index in [4.69, 9.17) is 10.5 Å². The predicted molar refractivity (Wildman–Crippen MR) is 68.5 cm³/mol. The lowest BCUT2D eigenvalue weighted by molar-refractivity contribution is 0.340. The van der Waals surface area contributed by atoms with Gasteiger partial charge in [0.15, 0.2) is 0 Å². The smallest absolute Gasteiger partial charge is 0.251 e. The zero-order valence-corrected chi connectivity index (χ0v) is 9.82. The molecule has 0 radical (unpaired) electrons. The largest absolute Gasteiger partial charge is 0.494 e. The number of nitrogens with one attached hydrogen (secondary N) is 1. The Hall–Kier alpha value is -1.81. The van der Waals surface area contributed by atoms with Gasteiger partial charge in [0.1, 0.15) is 5.75 Å². The standard InChI is InChI=1S/C13H16N2O2/c1-2-17-11-3-4-12-10(8-11)7-9(5-6-14)13(16)15-12/h3-4,7-8H,2,5-6,14H2,1H3,(H,15,16). The fraction of sp³-hybridized carbons (Fsp3) is 0.308. The molecule has 3 N–H and O–H groups in total. The van der Waals surface area contributed by atoms with Crippen molar-refractivity contribution in [2.75, 3.05) is 13.2 Å². The molecule has 2 rings (SSSR count). The summed E-state index contributed by atoms with van der Waals surface area (Å²) < 4.78 is 5.43. The van der Waals surface area contributed by atoms with Crippen LogP contribution in [0.25, 0.3) is 10.9 Å². The number of aromatic nitrogens is 1. The quantitative estimate of drug-likeness (QED) is 0.837. The maximum absolute atomic E-state index is 11.7. The van der Waals surface area contributed by atoms with Gasteiger partial charge < -0.3 is 15.5 Å². The molecule has 17 heavy (non-hydrogen) atoms. The van der Waals surface area contributed by atoms with E-state index in [-0.39, 0.29) is 5.56 Å². The van der Waals surface area contributed by atoms with Gasteiger partial charge in [-0.15, -0.1) is 0 Å². The topological polar surface area (TPSA) is 68.1 Å². The summed E-state index contributed by atoms with van der Waals surface area (Å²) in [5, 5.41) is 0.971. The van der Waals surface area contributed by atoms with Gasteiger partial charge in [-0.25, -0.2) is 0 Å². The highest BCUT2D eigenvalue weighted by atomic mass is 16.5. The number of fused-ring (bicyclic) bond motifs is 1. The van der Waals surface area contributed by atoms with E-state index in [0.29, 0.717) is 25.1 Å². The summed E-state index contributed by atoms with van der Waals surface area (Å²) in [7, 11) is 0. The lowest BCUT2D eigenvalue weighted by Gasteiger charge is -2.06. The Balaban J connectivity index is 2.52. The van der Waals surface area contributed by atoms with Crippen LogP contribution in [-0.4, -0.2) is 18.1 Å². The minimum absolute atomic E-state index is 0.0629. The van der Waals surface area contributed by atoms with Crippen molar-refractivity contribution in [2.45, 2.75) is 13.3 Å². The number of benzene rings is 1. The molecule has 0 amide bonds. The summed E-state index contributed by atoms with van der Waals surface area (Å²) in [6.07, 6.45) is 0.587. The van der Waals surface area contributed by atoms with Gasteiger partial charge in [-0.3, -0.25) is 4.79 Å². The second-order valence-electron chi connectivity index (χ2n) is 3.84. The number of pyridine rings is 1. The number of nitrogens with two attached hydrogens (primary N) is 1. The summed E-state index contributed by atoms with van der Waals surface area (Å²) in [6.45, 7) is 3.04. The molecule has 0 unspecified atom stereocenters. The van der Waals surface area contributed by atoms with Gasteiger partial charge in [-0.2, -0.15) is 0 Å². The molecule has 2 aromatic rings. The summed E-state index contributed by atoms with van der Waals surface area (Å²) in [5.74, 6) is 0.811. The van der Waals surface area contributed by atoms with Crippen molar-refractivity contribution in [3.8, 4) is 5.75 Å². The molecule has 90 valence electrons. The average Bonchev–Trinajstić information content (AvgIpc) is 2.31.